The molecule has 1 atom stereocenters. The monoisotopic (exact) mass is 423 g/mol. The van der Waals surface area contributed by atoms with Crippen molar-refractivity contribution in [2.45, 2.75) is 37.1 Å². The average Bonchev–Trinajstić information content (AvgIpc) is 3.09. The van der Waals surface area contributed by atoms with Gasteiger partial charge in [-0.1, -0.05) is 29.8 Å². The van der Waals surface area contributed by atoms with Gasteiger partial charge in [0.1, 0.15) is 4.21 Å². The first-order chi connectivity index (χ1) is 13.1. The third kappa shape index (κ3) is 5.88. The number of rotatable bonds is 8. The first kappa shape index (κ1) is 22.1. The summed E-state index contributed by atoms with van der Waals surface area (Å²) in [6.07, 6.45) is 0.0941. The van der Waals surface area contributed by atoms with Crippen molar-refractivity contribution in [3.8, 4) is 0 Å². The number of hydrogen-bond acceptors (Lipinski definition) is 5. The van der Waals surface area contributed by atoms with Crippen LogP contribution in [0.15, 0.2) is 40.6 Å². The normalized spacial score (nSPS) is 12.6. The van der Waals surface area contributed by atoms with Crippen molar-refractivity contribution in [1.29, 1.82) is 0 Å². The topological polar surface area (TPSA) is 95.6 Å². The minimum Gasteiger partial charge on any atom is -0.351 e. The number of carbonyl (C=O) groups excluding carboxylic acids is 2. The highest BCUT2D eigenvalue weighted by Gasteiger charge is 2.20. The summed E-state index contributed by atoms with van der Waals surface area (Å²) in [5, 5.41) is 5.59. The number of nitrogens with zero attached hydrogens (tertiary/aromatic N) is 1. The Morgan fingerprint density at radius 3 is 2.32 bits per heavy atom. The second-order valence-electron chi connectivity index (χ2n) is 6.65. The number of aryl methyl sites for hydroxylation is 1. The predicted octanol–water partition coefficient (Wildman–Crippen LogP) is 2.19. The van der Waals surface area contributed by atoms with E-state index in [2.05, 4.69) is 10.6 Å². The summed E-state index contributed by atoms with van der Waals surface area (Å²) in [5.41, 5.74) is 1.95. The number of sulfonamides is 1. The Hall–Kier alpha value is -2.23. The highest BCUT2D eigenvalue weighted by Crippen LogP contribution is 2.24. The fourth-order valence-electron chi connectivity index (χ4n) is 2.51. The predicted molar refractivity (Wildman–Crippen MR) is 109 cm³/mol. The molecule has 2 amide bonds. The van der Waals surface area contributed by atoms with Gasteiger partial charge in [-0.3, -0.25) is 9.59 Å². The van der Waals surface area contributed by atoms with Crippen LogP contribution in [0.3, 0.4) is 0 Å². The van der Waals surface area contributed by atoms with Crippen LogP contribution in [0.4, 0.5) is 0 Å². The molecule has 0 bridgehead atoms. The molecule has 9 heteroatoms. The first-order valence-electron chi connectivity index (χ1n) is 8.71. The molecule has 2 aromatic rings. The zero-order valence-electron chi connectivity index (χ0n) is 16.4. The van der Waals surface area contributed by atoms with E-state index in [0.29, 0.717) is 0 Å². The fraction of sp³-hybridized carbons (Fsp3) is 0.368. The number of nitrogens with one attached hydrogen (secondary N) is 2. The van der Waals surface area contributed by atoms with Crippen LogP contribution in [0.1, 0.15) is 35.4 Å². The van der Waals surface area contributed by atoms with Crippen molar-refractivity contribution < 1.29 is 18.0 Å². The number of hydrogen-bond donors (Lipinski definition) is 2. The minimum absolute atomic E-state index is 0.0941. The molecule has 0 saturated heterocycles. The van der Waals surface area contributed by atoms with Gasteiger partial charge in [-0.25, -0.2) is 12.7 Å². The van der Waals surface area contributed by atoms with Crippen molar-refractivity contribution in [2.75, 3.05) is 14.1 Å². The molecule has 0 aliphatic heterocycles. The molecular weight excluding hydrogens is 398 g/mol. The van der Waals surface area contributed by atoms with E-state index in [9.17, 15) is 18.0 Å². The fourth-order valence-corrected chi connectivity index (χ4v) is 4.98. The van der Waals surface area contributed by atoms with E-state index >= 15 is 0 Å². The maximum Gasteiger partial charge on any atom is 0.252 e. The molecule has 0 radical (unpaired) electrons. The molecule has 1 aromatic heterocycles. The van der Waals surface area contributed by atoms with Gasteiger partial charge in [0, 0.05) is 25.9 Å². The standard InChI is InChI=1S/C19H25N3O4S2/c1-13-5-7-15(8-6-13)17(21-14(2)23)11-18(24)20-12-16-9-10-19(27-16)28(25,26)22(3)4/h5-10,17H,11-12H2,1-4H3,(H,20,24)(H,21,23). The molecule has 0 saturated carbocycles. The highest BCUT2D eigenvalue weighted by molar-refractivity contribution is 7.91. The quantitative estimate of drug-likeness (QED) is 0.680. The van der Waals surface area contributed by atoms with Crippen LogP contribution in [0.25, 0.3) is 0 Å². The van der Waals surface area contributed by atoms with Crippen molar-refractivity contribution >= 4 is 33.2 Å². The van der Waals surface area contributed by atoms with E-state index in [1.54, 1.807) is 6.07 Å². The van der Waals surface area contributed by atoms with Crippen LogP contribution in [0, 0.1) is 6.92 Å². The van der Waals surface area contributed by atoms with E-state index in [1.807, 2.05) is 31.2 Å². The Morgan fingerprint density at radius 1 is 1.11 bits per heavy atom. The molecule has 1 heterocycles. The summed E-state index contributed by atoms with van der Waals surface area (Å²) in [6, 6.07) is 10.4. The number of benzene rings is 1. The van der Waals surface area contributed by atoms with Gasteiger partial charge in [0.25, 0.3) is 10.0 Å². The lowest BCUT2D eigenvalue weighted by molar-refractivity contribution is -0.122. The molecular formula is C19H25N3O4S2. The molecule has 152 valence electrons. The smallest absolute Gasteiger partial charge is 0.252 e. The summed E-state index contributed by atoms with van der Waals surface area (Å²) in [6.45, 7) is 3.61. The summed E-state index contributed by atoms with van der Waals surface area (Å²) in [5.74, 6) is -0.445. The van der Waals surface area contributed by atoms with Gasteiger partial charge in [-0.15, -0.1) is 11.3 Å². The zero-order chi connectivity index (χ0) is 20.9. The third-order valence-electron chi connectivity index (χ3n) is 4.08. The molecule has 0 spiro atoms. The van der Waals surface area contributed by atoms with E-state index in [4.69, 9.17) is 0 Å². The lowest BCUT2D eigenvalue weighted by Gasteiger charge is -2.18. The Balaban J connectivity index is 2.00. The zero-order valence-corrected chi connectivity index (χ0v) is 18.0. The second-order valence-corrected chi connectivity index (χ2v) is 10.2. The Bertz CT molecular complexity index is 934. The maximum atomic E-state index is 12.4. The molecule has 0 aliphatic rings. The van der Waals surface area contributed by atoms with Gasteiger partial charge < -0.3 is 10.6 Å². The van der Waals surface area contributed by atoms with Crippen molar-refractivity contribution in [3.63, 3.8) is 0 Å². The van der Waals surface area contributed by atoms with E-state index in [-0.39, 0.29) is 29.0 Å². The average molecular weight is 424 g/mol. The first-order valence-corrected chi connectivity index (χ1v) is 11.0. The van der Waals surface area contributed by atoms with Gasteiger partial charge >= 0.3 is 0 Å². The van der Waals surface area contributed by atoms with E-state index in [0.717, 1.165) is 31.6 Å². The van der Waals surface area contributed by atoms with Crippen LogP contribution in [-0.2, 0) is 26.2 Å². The molecule has 1 unspecified atom stereocenters. The number of amides is 2. The SMILES string of the molecule is CC(=O)NC(CC(=O)NCc1ccc(S(=O)(=O)N(C)C)s1)c1ccc(C)cc1. The Morgan fingerprint density at radius 2 is 1.75 bits per heavy atom. The summed E-state index contributed by atoms with van der Waals surface area (Å²) in [7, 11) is -0.523. The summed E-state index contributed by atoms with van der Waals surface area (Å²) in [4.78, 5) is 24.6. The van der Waals surface area contributed by atoms with Crippen LogP contribution < -0.4 is 10.6 Å². The highest BCUT2D eigenvalue weighted by atomic mass is 32.2. The Kier molecular flexibility index (Phi) is 7.34. The number of thiophene rings is 1. The minimum atomic E-state index is -3.48. The lowest BCUT2D eigenvalue weighted by Crippen LogP contribution is -2.32. The van der Waals surface area contributed by atoms with Crippen molar-refractivity contribution in [1.82, 2.24) is 14.9 Å². The Labute approximate surface area is 169 Å². The van der Waals surface area contributed by atoms with Gasteiger partial charge in [0.05, 0.1) is 19.0 Å². The lowest BCUT2D eigenvalue weighted by atomic mass is 10.0. The van der Waals surface area contributed by atoms with Crippen molar-refractivity contribution in [3.05, 3.63) is 52.4 Å². The molecule has 2 rings (SSSR count). The molecule has 0 aliphatic carbocycles. The van der Waals surface area contributed by atoms with E-state index in [1.165, 1.54) is 27.1 Å². The summed E-state index contributed by atoms with van der Waals surface area (Å²) >= 11 is 1.12. The number of carbonyl (C=O) groups is 2. The van der Waals surface area contributed by atoms with Crippen LogP contribution in [0.2, 0.25) is 0 Å². The summed E-state index contributed by atoms with van der Waals surface area (Å²) < 4.78 is 25.6. The maximum absolute atomic E-state index is 12.4. The van der Waals surface area contributed by atoms with Crippen molar-refractivity contribution in [2.24, 2.45) is 0 Å². The molecule has 0 fully saturated rings. The van der Waals surface area contributed by atoms with Crippen LogP contribution in [0.5, 0.6) is 0 Å². The van der Waals surface area contributed by atoms with Gasteiger partial charge in [-0.05, 0) is 24.6 Å². The van der Waals surface area contributed by atoms with E-state index < -0.39 is 16.1 Å². The molecule has 2 N–H and O–H groups in total. The second kappa shape index (κ2) is 9.31. The van der Waals surface area contributed by atoms with Crippen LogP contribution in [-0.4, -0.2) is 38.6 Å². The molecule has 1 aromatic carbocycles. The molecule has 28 heavy (non-hydrogen) atoms. The third-order valence-corrected chi connectivity index (χ3v) is 7.45. The largest absolute Gasteiger partial charge is 0.351 e. The van der Waals surface area contributed by atoms with Gasteiger partial charge in [0.15, 0.2) is 0 Å². The molecule has 7 nitrogen and oxygen atoms in total. The van der Waals surface area contributed by atoms with Gasteiger partial charge in [0.2, 0.25) is 11.8 Å². The van der Waals surface area contributed by atoms with Gasteiger partial charge in [-0.2, -0.15) is 0 Å². The van der Waals surface area contributed by atoms with Crippen LogP contribution >= 0.6 is 11.3 Å².